The molecule has 164 valence electrons. The predicted octanol–water partition coefficient (Wildman–Crippen LogP) is 4.77. The minimum atomic E-state index is -4.71. The molecule has 4 nitrogen and oxygen atoms in total. The monoisotopic (exact) mass is 478 g/mol. The topological polar surface area (TPSA) is 40.6 Å². The van der Waals surface area contributed by atoms with Gasteiger partial charge in [-0.2, -0.15) is 17.5 Å². The van der Waals surface area contributed by atoms with E-state index in [2.05, 4.69) is 29.2 Å². The summed E-state index contributed by atoms with van der Waals surface area (Å²) in [4.78, 5) is 2.96. The van der Waals surface area contributed by atoms with E-state index in [1.165, 1.54) is 14.8 Å². The van der Waals surface area contributed by atoms with Crippen LogP contribution in [0.1, 0.15) is 11.1 Å². The molecule has 0 spiro atoms. The van der Waals surface area contributed by atoms with Gasteiger partial charge < -0.3 is 0 Å². The highest BCUT2D eigenvalue weighted by atomic mass is 35.5. The van der Waals surface area contributed by atoms with Crippen LogP contribution in [0.5, 0.6) is 0 Å². The number of thioether (sulfide) groups is 1. The lowest BCUT2D eigenvalue weighted by molar-refractivity contribution is -0.137. The van der Waals surface area contributed by atoms with E-state index in [0.717, 1.165) is 24.4 Å². The third-order valence-electron chi connectivity index (χ3n) is 4.91. The smallest absolute Gasteiger partial charge is 0.300 e. The third kappa shape index (κ3) is 5.70. The number of halogens is 4. The number of aryl methyl sites for hydroxylation is 1. The van der Waals surface area contributed by atoms with Crippen molar-refractivity contribution in [1.82, 2.24) is 9.21 Å². The number of hydrogen-bond acceptors (Lipinski definition) is 4. The fourth-order valence-electron chi connectivity index (χ4n) is 3.15. The molecule has 30 heavy (non-hydrogen) atoms. The molecule has 1 aliphatic heterocycles. The highest BCUT2D eigenvalue weighted by Crippen LogP contribution is 2.36. The summed E-state index contributed by atoms with van der Waals surface area (Å²) in [5.74, 6) is 0.877. The largest absolute Gasteiger partial charge is 0.417 e. The molecule has 1 aliphatic rings. The summed E-state index contributed by atoms with van der Waals surface area (Å²) in [5, 5.41) is -0.516. The molecule has 0 atom stereocenters. The molecule has 0 N–H and O–H groups in total. The van der Waals surface area contributed by atoms with Gasteiger partial charge in [0.15, 0.2) is 0 Å². The molecule has 3 rings (SSSR count). The molecular weight excluding hydrogens is 457 g/mol. The van der Waals surface area contributed by atoms with Crippen LogP contribution in [0.15, 0.2) is 52.3 Å². The summed E-state index contributed by atoms with van der Waals surface area (Å²) < 4.78 is 66.1. The zero-order valence-electron chi connectivity index (χ0n) is 16.3. The molecule has 10 heteroatoms. The molecule has 2 aromatic rings. The highest BCUT2D eigenvalue weighted by molar-refractivity contribution is 7.99. The van der Waals surface area contributed by atoms with Crippen molar-refractivity contribution in [3.05, 3.63) is 58.6 Å². The van der Waals surface area contributed by atoms with Gasteiger partial charge in [-0.15, -0.1) is 11.8 Å². The lowest BCUT2D eigenvalue weighted by Crippen LogP contribution is -2.49. The number of hydrogen-bond donors (Lipinski definition) is 0. The molecule has 0 aliphatic carbocycles. The van der Waals surface area contributed by atoms with E-state index in [1.54, 1.807) is 11.8 Å². The van der Waals surface area contributed by atoms with Crippen LogP contribution in [0, 0.1) is 6.92 Å². The van der Waals surface area contributed by atoms with E-state index < -0.39 is 26.8 Å². The Morgan fingerprint density at radius 2 is 1.67 bits per heavy atom. The van der Waals surface area contributed by atoms with E-state index in [9.17, 15) is 21.6 Å². The van der Waals surface area contributed by atoms with Crippen molar-refractivity contribution >= 4 is 33.4 Å². The minimum Gasteiger partial charge on any atom is -0.300 e. The molecule has 1 saturated heterocycles. The second-order valence-corrected chi connectivity index (χ2v) is 10.6. The Balaban J connectivity index is 1.57. The average molecular weight is 479 g/mol. The summed E-state index contributed by atoms with van der Waals surface area (Å²) in [6.45, 7) is 4.39. The Bertz CT molecular complexity index is 975. The first-order chi connectivity index (χ1) is 14.1. The maximum Gasteiger partial charge on any atom is 0.417 e. The number of alkyl halides is 3. The van der Waals surface area contributed by atoms with Gasteiger partial charge >= 0.3 is 6.18 Å². The van der Waals surface area contributed by atoms with Crippen LogP contribution >= 0.6 is 23.4 Å². The van der Waals surface area contributed by atoms with Gasteiger partial charge in [0.1, 0.15) is 0 Å². The Morgan fingerprint density at radius 1 is 1.03 bits per heavy atom. The van der Waals surface area contributed by atoms with Crippen LogP contribution in [-0.2, 0) is 16.2 Å². The summed E-state index contributed by atoms with van der Waals surface area (Å²) in [5.41, 5.74) is 0.0664. The van der Waals surface area contributed by atoms with Gasteiger partial charge in [-0.3, -0.25) is 4.90 Å². The summed E-state index contributed by atoms with van der Waals surface area (Å²) >= 11 is 7.34. The summed E-state index contributed by atoms with van der Waals surface area (Å²) in [7, 11) is -4.01. The second-order valence-electron chi connectivity index (χ2n) is 7.05. The number of sulfonamides is 1. The zero-order valence-corrected chi connectivity index (χ0v) is 18.7. The van der Waals surface area contributed by atoms with Crippen LogP contribution in [0.25, 0.3) is 0 Å². The van der Waals surface area contributed by atoms with Crippen molar-refractivity contribution in [1.29, 1.82) is 0 Å². The standard InChI is InChI=1S/C20H22ClF3N2O2S2/c1-15-2-4-16(5-3-15)29-13-12-25-8-10-26(11-9-25)30(27,28)17-6-7-19(21)18(14-17)20(22,23)24/h2-7,14H,8-13H2,1H3. The molecule has 0 bridgehead atoms. The quantitative estimate of drug-likeness (QED) is 0.561. The molecule has 1 heterocycles. The first-order valence-electron chi connectivity index (χ1n) is 9.36. The molecule has 2 aromatic carbocycles. The Morgan fingerprint density at radius 3 is 2.27 bits per heavy atom. The van der Waals surface area contributed by atoms with Gasteiger partial charge in [0, 0.05) is 43.4 Å². The third-order valence-corrected chi connectivity index (χ3v) is 8.13. The fourth-order valence-corrected chi connectivity index (χ4v) is 5.74. The van der Waals surface area contributed by atoms with E-state index in [-0.39, 0.29) is 18.0 Å². The lowest BCUT2D eigenvalue weighted by Gasteiger charge is -2.34. The SMILES string of the molecule is Cc1ccc(SCCN2CCN(S(=O)(=O)c3ccc(Cl)c(C(F)(F)F)c3)CC2)cc1. The number of benzene rings is 2. The van der Waals surface area contributed by atoms with E-state index in [0.29, 0.717) is 19.2 Å². The second kappa shape index (κ2) is 9.48. The number of rotatable bonds is 6. The first kappa shape index (κ1) is 23.4. The summed E-state index contributed by atoms with van der Waals surface area (Å²) in [6, 6.07) is 11.0. The van der Waals surface area contributed by atoms with Crippen molar-refractivity contribution in [2.24, 2.45) is 0 Å². The Kier molecular flexibility index (Phi) is 7.40. The van der Waals surface area contributed by atoms with Gasteiger partial charge in [0.05, 0.1) is 15.5 Å². The average Bonchev–Trinajstić information content (AvgIpc) is 2.69. The first-order valence-corrected chi connectivity index (χ1v) is 12.2. The Hall–Kier alpha value is -1.26. The minimum absolute atomic E-state index is 0.238. The van der Waals surface area contributed by atoms with Gasteiger partial charge in [-0.1, -0.05) is 29.3 Å². The lowest BCUT2D eigenvalue weighted by atomic mass is 10.2. The maximum atomic E-state index is 13.1. The fraction of sp³-hybridized carbons (Fsp3) is 0.400. The Labute approximate surface area is 184 Å². The van der Waals surface area contributed by atoms with Crippen LogP contribution in [-0.4, -0.2) is 56.1 Å². The van der Waals surface area contributed by atoms with Gasteiger partial charge in [0.2, 0.25) is 10.0 Å². The zero-order chi connectivity index (χ0) is 21.9. The van der Waals surface area contributed by atoms with Crippen LogP contribution in [0.3, 0.4) is 0 Å². The van der Waals surface area contributed by atoms with Crippen LogP contribution in [0.4, 0.5) is 13.2 Å². The van der Waals surface area contributed by atoms with Crippen molar-refractivity contribution in [3.8, 4) is 0 Å². The van der Waals surface area contributed by atoms with Crippen LogP contribution in [0.2, 0.25) is 5.02 Å². The van der Waals surface area contributed by atoms with Gasteiger partial charge in [0.25, 0.3) is 0 Å². The molecule has 0 unspecified atom stereocenters. The molecule has 1 fully saturated rings. The molecule has 0 saturated carbocycles. The number of nitrogens with zero attached hydrogens (tertiary/aromatic N) is 2. The van der Waals surface area contributed by atoms with E-state index in [1.807, 2.05) is 6.92 Å². The van der Waals surface area contributed by atoms with Crippen molar-refractivity contribution in [2.75, 3.05) is 38.5 Å². The van der Waals surface area contributed by atoms with E-state index in [4.69, 9.17) is 11.6 Å². The molecule has 0 radical (unpaired) electrons. The normalized spacial score (nSPS) is 16.7. The molecular formula is C20H22ClF3N2O2S2. The van der Waals surface area contributed by atoms with Gasteiger partial charge in [-0.05, 0) is 37.3 Å². The summed E-state index contributed by atoms with van der Waals surface area (Å²) in [6.07, 6.45) is -4.71. The molecule has 0 aromatic heterocycles. The number of piperazine rings is 1. The maximum absolute atomic E-state index is 13.1. The molecule has 0 amide bonds. The highest BCUT2D eigenvalue weighted by Gasteiger charge is 2.36. The van der Waals surface area contributed by atoms with Crippen LogP contribution < -0.4 is 0 Å². The van der Waals surface area contributed by atoms with Gasteiger partial charge in [-0.25, -0.2) is 8.42 Å². The van der Waals surface area contributed by atoms with Crippen molar-refractivity contribution < 1.29 is 21.6 Å². The van der Waals surface area contributed by atoms with E-state index >= 15 is 0 Å². The predicted molar refractivity (Wildman–Crippen MR) is 114 cm³/mol. The van der Waals surface area contributed by atoms with Crippen molar-refractivity contribution in [3.63, 3.8) is 0 Å². The van der Waals surface area contributed by atoms with Crippen molar-refractivity contribution in [2.45, 2.75) is 22.9 Å².